The molecule has 2 aliphatic heterocycles. The predicted molar refractivity (Wildman–Crippen MR) is 115 cm³/mol. The first kappa shape index (κ1) is 19.4. The maximum absolute atomic E-state index is 15.4. The number of aromatic nitrogens is 4. The van der Waals surface area contributed by atoms with Crippen molar-refractivity contribution in [2.24, 2.45) is 5.41 Å². The fraction of sp³-hybridized carbons (Fsp3) is 0.476. The first-order chi connectivity index (χ1) is 14.4. The molecule has 4 atom stereocenters. The molecule has 9 heteroatoms. The Bertz CT molecular complexity index is 1060. The van der Waals surface area contributed by atoms with E-state index in [0.29, 0.717) is 15.7 Å². The van der Waals surface area contributed by atoms with Crippen LogP contribution in [0.1, 0.15) is 19.8 Å². The zero-order valence-corrected chi connectivity index (χ0v) is 18.0. The summed E-state index contributed by atoms with van der Waals surface area (Å²) in [5.74, 6) is 0.132. The molecule has 0 spiro atoms. The Hall–Kier alpha value is -2.52. The molecule has 1 aromatic carbocycles. The number of hydrogen-bond acceptors (Lipinski definition) is 7. The van der Waals surface area contributed by atoms with E-state index >= 15 is 4.39 Å². The molecule has 3 fully saturated rings. The Morgan fingerprint density at radius 2 is 2.17 bits per heavy atom. The number of hydrogen-bond donors (Lipinski definition) is 2. The molecule has 2 unspecified atom stereocenters. The van der Waals surface area contributed by atoms with Gasteiger partial charge in [0, 0.05) is 36.8 Å². The molecule has 0 amide bonds. The Kier molecular flexibility index (Phi) is 4.55. The second-order valence-corrected chi connectivity index (χ2v) is 9.74. The van der Waals surface area contributed by atoms with Gasteiger partial charge in [0.05, 0.1) is 17.8 Å². The minimum atomic E-state index is -0.928. The van der Waals surface area contributed by atoms with Crippen LogP contribution in [-0.4, -0.2) is 69.3 Å². The molecule has 0 radical (unpaired) electrons. The van der Waals surface area contributed by atoms with E-state index in [-0.39, 0.29) is 23.2 Å². The van der Waals surface area contributed by atoms with Gasteiger partial charge in [-0.2, -0.15) is 5.10 Å². The van der Waals surface area contributed by atoms with Gasteiger partial charge in [-0.1, -0.05) is 24.3 Å². The molecule has 4 heterocycles. The van der Waals surface area contributed by atoms with Gasteiger partial charge in [0.1, 0.15) is 11.9 Å². The van der Waals surface area contributed by atoms with E-state index in [0.717, 1.165) is 30.5 Å². The molecule has 2 bridgehead atoms. The predicted octanol–water partition coefficient (Wildman–Crippen LogP) is 3.56. The van der Waals surface area contributed by atoms with E-state index in [1.165, 1.54) is 11.3 Å². The lowest BCUT2D eigenvalue weighted by Crippen LogP contribution is -2.69. The van der Waals surface area contributed by atoms with Crippen molar-refractivity contribution < 1.29 is 9.50 Å². The second kappa shape index (κ2) is 7.02. The first-order valence-electron chi connectivity index (χ1n) is 10.1. The number of H-pyrrole nitrogens is 1. The van der Waals surface area contributed by atoms with Crippen molar-refractivity contribution in [1.82, 2.24) is 25.3 Å². The van der Waals surface area contributed by atoms with Crippen LogP contribution < -0.4 is 4.90 Å². The Morgan fingerprint density at radius 3 is 2.83 bits per heavy atom. The number of alkyl halides is 1. The molecule has 1 saturated carbocycles. The molecular weight excluding hydrogens is 403 g/mol. The highest BCUT2D eigenvalue weighted by atomic mass is 32.1. The Morgan fingerprint density at radius 1 is 1.33 bits per heavy atom. The summed E-state index contributed by atoms with van der Waals surface area (Å²) in [4.78, 5) is 4.12. The summed E-state index contributed by atoms with van der Waals surface area (Å²) in [6.07, 6.45) is 4.46. The van der Waals surface area contributed by atoms with Crippen molar-refractivity contribution in [3.63, 3.8) is 0 Å². The standard InChI is InChI=1S/C21H25FN6OS/c1-21-7-6-15(27(2)11-21)17(22)18(21)28(3)20-26-25-19(30-20)14-5-4-12(8-16(14)29)13-9-23-24-10-13/h4-5,8-10,15,17-18,29H,6-7,11H2,1-3H3,(H,23,24)/t15?,17?,18-,21+/m0/s1. The van der Waals surface area contributed by atoms with Gasteiger partial charge in [0.15, 0.2) is 5.01 Å². The van der Waals surface area contributed by atoms with Crippen molar-refractivity contribution in [1.29, 1.82) is 0 Å². The van der Waals surface area contributed by atoms with E-state index < -0.39 is 6.17 Å². The second-order valence-electron chi connectivity index (χ2n) is 8.78. The molecule has 158 valence electrons. The van der Waals surface area contributed by atoms with Crippen LogP contribution in [0.3, 0.4) is 0 Å². The molecule has 2 saturated heterocycles. The summed E-state index contributed by atoms with van der Waals surface area (Å²) < 4.78 is 15.4. The van der Waals surface area contributed by atoms with Gasteiger partial charge >= 0.3 is 0 Å². The molecule has 3 aromatic rings. The highest BCUT2D eigenvalue weighted by Gasteiger charge is 2.55. The molecule has 7 nitrogen and oxygen atoms in total. The number of phenolic OH excluding ortho intramolecular Hbond substituents is 1. The lowest BCUT2D eigenvalue weighted by Gasteiger charge is -2.58. The van der Waals surface area contributed by atoms with E-state index in [1.807, 2.05) is 31.1 Å². The van der Waals surface area contributed by atoms with Gasteiger partial charge in [-0.25, -0.2) is 4.39 Å². The summed E-state index contributed by atoms with van der Waals surface area (Å²) in [7, 11) is 3.93. The number of aromatic hydroxyl groups is 1. The largest absolute Gasteiger partial charge is 0.507 e. The lowest BCUT2D eigenvalue weighted by atomic mass is 9.64. The van der Waals surface area contributed by atoms with Gasteiger partial charge in [0.25, 0.3) is 0 Å². The number of benzene rings is 1. The van der Waals surface area contributed by atoms with Crippen LogP contribution >= 0.6 is 11.3 Å². The number of nitrogens with one attached hydrogen (secondary N) is 1. The zero-order valence-electron chi connectivity index (χ0n) is 17.2. The van der Waals surface area contributed by atoms with Gasteiger partial charge in [-0.15, -0.1) is 10.2 Å². The van der Waals surface area contributed by atoms with E-state index in [1.54, 1.807) is 18.5 Å². The molecule has 2 N–H and O–H groups in total. The minimum absolute atomic E-state index is 0.0359. The van der Waals surface area contributed by atoms with Gasteiger partial charge in [0.2, 0.25) is 5.13 Å². The van der Waals surface area contributed by atoms with Crippen molar-refractivity contribution in [2.45, 2.75) is 38.0 Å². The SMILES string of the molecule is CN1C[C@@]2(C)CCC1C(F)[C@@H]2N(C)c1nnc(-c2ccc(-c3cn[nH]c3)cc2O)s1. The number of phenols is 1. The van der Waals surface area contributed by atoms with Crippen LogP contribution in [0, 0.1) is 5.41 Å². The summed E-state index contributed by atoms with van der Waals surface area (Å²) in [5.41, 5.74) is 2.25. The number of halogens is 1. The number of piperidine rings is 2. The quantitative estimate of drug-likeness (QED) is 0.661. The summed E-state index contributed by atoms with van der Waals surface area (Å²) >= 11 is 1.38. The number of nitrogens with zero attached hydrogens (tertiary/aromatic N) is 5. The highest BCUT2D eigenvalue weighted by Crippen LogP contribution is 2.48. The smallest absolute Gasteiger partial charge is 0.208 e. The Balaban J connectivity index is 1.42. The fourth-order valence-electron chi connectivity index (χ4n) is 5.27. The van der Waals surface area contributed by atoms with Crippen molar-refractivity contribution in [3.05, 3.63) is 30.6 Å². The Labute approximate surface area is 178 Å². The van der Waals surface area contributed by atoms with Crippen molar-refractivity contribution in [3.8, 4) is 27.4 Å². The molecule has 2 aromatic heterocycles. The average Bonchev–Trinajstić information content (AvgIpc) is 3.39. The number of anilines is 1. The van der Waals surface area contributed by atoms with E-state index in [4.69, 9.17) is 0 Å². The highest BCUT2D eigenvalue weighted by molar-refractivity contribution is 7.18. The monoisotopic (exact) mass is 428 g/mol. The lowest BCUT2D eigenvalue weighted by molar-refractivity contribution is -0.0687. The number of fused-ring (bicyclic) bond motifs is 3. The third-order valence-electron chi connectivity index (χ3n) is 6.76. The van der Waals surface area contributed by atoms with E-state index in [2.05, 4.69) is 32.2 Å². The third kappa shape index (κ3) is 2.99. The summed E-state index contributed by atoms with van der Waals surface area (Å²) in [5, 5.41) is 27.2. The van der Waals surface area contributed by atoms with Crippen LogP contribution in [0.5, 0.6) is 5.75 Å². The van der Waals surface area contributed by atoms with Crippen LogP contribution in [0.15, 0.2) is 30.6 Å². The van der Waals surface area contributed by atoms with Crippen LogP contribution in [-0.2, 0) is 0 Å². The number of aromatic amines is 1. The van der Waals surface area contributed by atoms with Gasteiger partial charge in [-0.3, -0.25) is 10.00 Å². The maximum Gasteiger partial charge on any atom is 0.208 e. The van der Waals surface area contributed by atoms with Crippen LogP contribution in [0.25, 0.3) is 21.7 Å². The van der Waals surface area contributed by atoms with Gasteiger partial charge < -0.3 is 10.0 Å². The summed E-state index contributed by atoms with van der Waals surface area (Å²) in [6.45, 7) is 3.06. The van der Waals surface area contributed by atoms with E-state index in [9.17, 15) is 5.11 Å². The fourth-order valence-corrected chi connectivity index (χ4v) is 6.15. The van der Waals surface area contributed by atoms with Crippen molar-refractivity contribution in [2.75, 3.05) is 25.5 Å². The first-order valence-corrected chi connectivity index (χ1v) is 10.9. The number of rotatable bonds is 4. The molecular formula is C21H25FN6OS. The van der Waals surface area contributed by atoms with Gasteiger partial charge in [-0.05, 0) is 37.6 Å². The van der Waals surface area contributed by atoms with Crippen molar-refractivity contribution >= 4 is 16.5 Å². The molecule has 3 aliphatic rings. The molecule has 30 heavy (non-hydrogen) atoms. The maximum atomic E-state index is 15.4. The molecule has 6 rings (SSSR count). The van der Waals surface area contributed by atoms with Crippen LogP contribution in [0.4, 0.5) is 9.52 Å². The molecule has 1 aliphatic carbocycles. The normalized spacial score (nSPS) is 28.7. The minimum Gasteiger partial charge on any atom is -0.507 e. The average molecular weight is 429 g/mol. The zero-order chi connectivity index (χ0) is 21.0. The summed E-state index contributed by atoms with van der Waals surface area (Å²) in [6, 6.07) is 5.17. The third-order valence-corrected chi connectivity index (χ3v) is 7.81. The van der Waals surface area contributed by atoms with Crippen LogP contribution in [0.2, 0.25) is 0 Å². The topological polar surface area (TPSA) is 81.2 Å².